The van der Waals surface area contributed by atoms with Crippen molar-refractivity contribution in [3.8, 4) is 0 Å². The smallest absolute Gasteiger partial charge is 0.00425 e. The summed E-state index contributed by atoms with van der Waals surface area (Å²) in [6.07, 6.45) is 7.57. The molecule has 0 aliphatic carbocycles. The van der Waals surface area contributed by atoms with Crippen LogP contribution < -0.4 is 5.73 Å². The van der Waals surface area contributed by atoms with Crippen LogP contribution in [0, 0.1) is 6.92 Å². The second-order valence-electron chi connectivity index (χ2n) is 4.18. The van der Waals surface area contributed by atoms with E-state index in [0.29, 0.717) is 0 Å². The van der Waals surface area contributed by atoms with Crippen molar-refractivity contribution in [1.82, 2.24) is 0 Å². The lowest BCUT2D eigenvalue weighted by Gasteiger charge is -2.11. The van der Waals surface area contributed by atoms with Crippen LogP contribution in [0.3, 0.4) is 0 Å². The van der Waals surface area contributed by atoms with Crippen LogP contribution >= 0.6 is 0 Å². The molecule has 0 aromatic heterocycles. The zero-order chi connectivity index (χ0) is 12.0. The fourth-order valence-corrected chi connectivity index (χ4v) is 2.05. The van der Waals surface area contributed by atoms with Crippen molar-refractivity contribution in [3.05, 3.63) is 40.5 Å². The minimum Gasteiger partial charge on any atom is -0.330 e. The van der Waals surface area contributed by atoms with Crippen LogP contribution in [0.4, 0.5) is 0 Å². The second kappa shape index (κ2) is 6.49. The first kappa shape index (κ1) is 13.0. The van der Waals surface area contributed by atoms with Crippen LogP contribution in [0.25, 0.3) is 6.08 Å². The summed E-state index contributed by atoms with van der Waals surface area (Å²) < 4.78 is 0. The molecule has 1 nitrogen and oxygen atoms in total. The summed E-state index contributed by atoms with van der Waals surface area (Å²) in [5.74, 6) is 0. The maximum absolute atomic E-state index is 5.51. The molecule has 0 unspecified atom stereocenters. The Kier molecular flexibility index (Phi) is 5.27. The summed E-state index contributed by atoms with van der Waals surface area (Å²) in [5.41, 5.74) is 11.2. The van der Waals surface area contributed by atoms with Crippen molar-refractivity contribution >= 4 is 6.08 Å². The average Bonchev–Trinajstić information content (AvgIpc) is 2.30. The molecule has 1 rings (SSSR count). The normalized spacial score (nSPS) is 11.2. The Labute approximate surface area is 99.4 Å². The fraction of sp³-hybridized carbons (Fsp3) is 0.467. The highest BCUT2D eigenvalue weighted by Gasteiger charge is 2.04. The lowest BCUT2D eigenvalue weighted by molar-refractivity contribution is 1.01. The molecule has 88 valence electrons. The Morgan fingerprint density at radius 2 is 1.69 bits per heavy atom. The highest BCUT2D eigenvalue weighted by molar-refractivity contribution is 5.59. The molecule has 0 radical (unpaired) electrons. The third kappa shape index (κ3) is 3.21. The van der Waals surface area contributed by atoms with Gasteiger partial charge in [0.2, 0.25) is 0 Å². The van der Waals surface area contributed by atoms with Gasteiger partial charge in [-0.2, -0.15) is 0 Å². The molecule has 16 heavy (non-hydrogen) atoms. The van der Waals surface area contributed by atoms with Gasteiger partial charge in [0.05, 0.1) is 0 Å². The van der Waals surface area contributed by atoms with Crippen molar-refractivity contribution in [2.75, 3.05) is 6.54 Å². The van der Waals surface area contributed by atoms with Crippen molar-refractivity contribution in [3.63, 3.8) is 0 Å². The number of hydrogen-bond acceptors (Lipinski definition) is 1. The maximum atomic E-state index is 5.51. The molecule has 0 spiro atoms. The maximum Gasteiger partial charge on any atom is -0.00425 e. The fourth-order valence-electron chi connectivity index (χ4n) is 2.05. The van der Waals surface area contributed by atoms with Crippen molar-refractivity contribution in [2.24, 2.45) is 5.73 Å². The standard InChI is InChI=1S/C15H23N/c1-4-13-10-12(3)11-14(5-2)15(13)8-6-7-9-16/h6,8,10-11H,4-5,7,9,16H2,1-3H3. The Morgan fingerprint density at radius 3 is 2.12 bits per heavy atom. The molecule has 2 N–H and O–H groups in total. The van der Waals surface area contributed by atoms with E-state index in [1.165, 1.54) is 22.3 Å². The van der Waals surface area contributed by atoms with E-state index in [2.05, 4.69) is 45.1 Å². The van der Waals surface area contributed by atoms with Crippen LogP contribution in [0.2, 0.25) is 0 Å². The molecule has 0 bridgehead atoms. The monoisotopic (exact) mass is 217 g/mol. The first-order valence-electron chi connectivity index (χ1n) is 6.21. The van der Waals surface area contributed by atoms with Crippen molar-refractivity contribution in [2.45, 2.75) is 40.0 Å². The molecule has 0 saturated heterocycles. The molecule has 0 amide bonds. The summed E-state index contributed by atoms with van der Waals surface area (Å²) in [6.45, 7) is 7.33. The van der Waals surface area contributed by atoms with Gasteiger partial charge < -0.3 is 5.73 Å². The molecule has 0 saturated carbocycles. The predicted octanol–water partition coefficient (Wildman–Crippen LogP) is 3.48. The van der Waals surface area contributed by atoms with Gasteiger partial charge in [0.25, 0.3) is 0 Å². The van der Waals surface area contributed by atoms with E-state index in [0.717, 1.165) is 25.8 Å². The average molecular weight is 217 g/mol. The van der Waals surface area contributed by atoms with Crippen LogP contribution in [-0.4, -0.2) is 6.54 Å². The molecule has 0 atom stereocenters. The van der Waals surface area contributed by atoms with E-state index < -0.39 is 0 Å². The SMILES string of the molecule is CCc1cc(C)cc(CC)c1C=CCCN. The first-order chi connectivity index (χ1) is 7.72. The number of hydrogen-bond donors (Lipinski definition) is 1. The van der Waals surface area contributed by atoms with E-state index >= 15 is 0 Å². The number of aryl methyl sites for hydroxylation is 3. The highest BCUT2D eigenvalue weighted by Crippen LogP contribution is 2.20. The van der Waals surface area contributed by atoms with Gasteiger partial charge in [-0.1, -0.05) is 43.7 Å². The van der Waals surface area contributed by atoms with Crippen molar-refractivity contribution in [1.29, 1.82) is 0 Å². The summed E-state index contributed by atoms with van der Waals surface area (Å²) in [7, 11) is 0. The van der Waals surface area contributed by atoms with Gasteiger partial charge in [-0.25, -0.2) is 0 Å². The summed E-state index contributed by atoms with van der Waals surface area (Å²) in [6, 6.07) is 4.59. The van der Waals surface area contributed by atoms with Gasteiger partial charge in [0.1, 0.15) is 0 Å². The van der Waals surface area contributed by atoms with Gasteiger partial charge in [0.15, 0.2) is 0 Å². The lowest BCUT2D eigenvalue weighted by Crippen LogP contribution is -1.97. The van der Waals surface area contributed by atoms with E-state index in [-0.39, 0.29) is 0 Å². The van der Waals surface area contributed by atoms with Gasteiger partial charge >= 0.3 is 0 Å². The molecule has 1 heteroatoms. The van der Waals surface area contributed by atoms with Crippen LogP contribution in [0.1, 0.15) is 42.5 Å². The highest BCUT2D eigenvalue weighted by atomic mass is 14.5. The van der Waals surface area contributed by atoms with E-state index in [9.17, 15) is 0 Å². The summed E-state index contributed by atoms with van der Waals surface area (Å²) in [4.78, 5) is 0. The molecular formula is C15H23N. The third-order valence-corrected chi connectivity index (χ3v) is 2.88. The first-order valence-corrected chi connectivity index (χ1v) is 6.21. The number of benzene rings is 1. The summed E-state index contributed by atoms with van der Waals surface area (Å²) in [5, 5.41) is 0. The molecule has 0 aliphatic rings. The number of rotatable bonds is 5. The second-order valence-corrected chi connectivity index (χ2v) is 4.18. The van der Waals surface area contributed by atoms with Gasteiger partial charge in [-0.3, -0.25) is 0 Å². The Hall–Kier alpha value is -1.08. The molecular weight excluding hydrogens is 194 g/mol. The zero-order valence-electron chi connectivity index (χ0n) is 10.7. The van der Waals surface area contributed by atoms with Gasteiger partial charge in [-0.05, 0) is 49.4 Å². The lowest BCUT2D eigenvalue weighted by atomic mass is 9.94. The Morgan fingerprint density at radius 1 is 1.12 bits per heavy atom. The van der Waals surface area contributed by atoms with E-state index in [1.54, 1.807) is 0 Å². The van der Waals surface area contributed by atoms with Gasteiger partial charge in [0, 0.05) is 0 Å². The molecule has 1 aromatic rings. The largest absolute Gasteiger partial charge is 0.330 e. The molecule has 0 heterocycles. The Balaban J connectivity index is 3.11. The topological polar surface area (TPSA) is 26.0 Å². The summed E-state index contributed by atoms with van der Waals surface area (Å²) >= 11 is 0. The van der Waals surface area contributed by atoms with Gasteiger partial charge in [-0.15, -0.1) is 0 Å². The van der Waals surface area contributed by atoms with Crippen LogP contribution in [0.5, 0.6) is 0 Å². The van der Waals surface area contributed by atoms with Crippen molar-refractivity contribution < 1.29 is 0 Å². The van der Waals surface area contributed by atoms with E-state index in [4.69, 9.17) is 5.73 Å². The molecule has 0 fully saturated rings. The quantitative estimate of drug-likeness (QED) is 0.803. The van der Waals surface area contributed by atoms with Crippen LogP contribution in [-0.2, 0) is 12.8 Å². The predicted molar refractivity (Wildman–Crippen MR) is 72.6 cm³/mol. The Bertz CT molecular complexity index is 339. The minimum absolute atomic E-state index is 0.727. The van der Waals surface area contributed by atoms with Crippen LogP contribution in [0.15, 0.2) is 18.2 Å². The zero-order valence-corrected chi connectivity index (χ0v) is 10.7. The number of nitrogens with two attached hydrogens (primary N) is 1. The molecule has 0 aliphatic heterocycles. The third-order valence-electron chi connectivity index (χ3n) is 2.88. The minimum atomic E-state index is 0.727. The molecule has 1 aromatic carbocycles. The van der Waals surface area contributed by atoms with E-state index in [1.807, 2.05) is 0 Å².